The average Bonchev–Trinajstić information content (AvgIpc) is 3.35. The Morgan fingerprint density at radius 3 is 2.15 bits per heavy atom. The van der Waals surface area contributed by atoms with Crippen LogP contribution < -0.4 is 22.3 Å². The van der Waals surface area contributed by atoms with Gasteiger partial charge in [-0.2, -0.15) is 8.42 Å². The summed E-state index contributed by atoms with van der Waals surface area (Å²) in [5.74, 6) is -0.0725. The van der Waals surface area contributed by atoms with Crippen LogP contribution >= 0.6 is 0 Å². The molecular formula is C31H56N4O9SSi2. The highest BCUT2D eigenvalue weighted by Gasteiger charge is 2.67. The van der Waals surface area contributed by atoms with Crippen molar-refractivity contribution in [2.45, 2.75) is 141 Å². The maximum Gasteiger partial charge on any atom is 0.333 e. The van der Waals surface area contributed by atoms with Crippen LogP contribution in [0.15, 0.2) is 26.9 Å². The molecule has 3 N–H and O–H groups in total. The van der Waals surface area contributed by atoms with Crippen LogP contribution in [0.25, 0.3) is 0 Å². The average molecular weight is 717 g/mol. The standard InChI is InChI=1S/C31H56N4O9SSi2/c1-21-18-35(28(38)34(26(21)37)17-15-13-14-16-24(36)33-8)27-25(43-47(11,12)30(5,6)7)31(22(32)20-45(39,40)44-31)23(42-27)19-41-46(9,10)29(2,3)4/h18,20,23,25,27H,13-17,19,32H2,1-12H3,(H,33,36)/t23-,25+,27-,31?/m1/s1. The molecule has 0 aromatic carbocycles. The Bertz CT molecular complexity index is 1590. The summed E-state index contributed by atoms with van der Waals surface area (Å²) < 4.78 is 54.6. The van der Waals surface area contributed by atoms with E-state index in [1.165, 1.54) is 10.8 Å². The predicted molar refractivity (Wildman–Crippen MR) is 186 cm³/mol. The Balaban J connectivity index is 2.18. The molecule has 0 radical (unpaired) electrons. The molecule has 268 valence electrons. The van der Waals surface area contributed by atoms with Crippen LogP contribution in [-0.4, -0.2) is 71.6 Å². The first kappa shape index (κ1) is 39.4. The summed E-state index contributed by atoms with van der Waals surface area (Å²) in [4.78, 5) is 39.0. The zero-order chi connectivity index (χ0) is 36.0. The maximum absolute atomic E-state index is 14.1. The Morgan fingerprint density at radius 1 is 1.04 bits per heavy atom. The summed E-state index contributed by atoms with van der Waals surface area (Å²) in [5.41, 5.74) is 3.87. The first-order valence-electron chi connectivity index (χ1n) is 16.2. The minimum absolute atomic E-state index is 0.0624. The van der Waals surface area contributed by atoms with Crippen molar-refractivity contribution in [1.29, 1.82) is 0 Å². The number of aryl methyl sites for hydroxylation is 1. The number of aromatic nitrogens is 2. The van der Waals surface area contributed by atoms with Crippen molar-refractivity contribution in [3.8, 4) is 0 Å². The number of carbonyl (C=O) groups is 1. The van der Waals surface area contributed by atoms with E-state index in [1.807, 2.05) is 33.9 Å². The molecule has 2 aliphatic rings. The second-order valence-corrected chi connectivity index (χ2v) is 26.7. The molecule has 1 aromatic rings. The van der Waals surface area contributed by atoms with E-state index < -0.39 is 62.0 Å². The van der Waals surface area contributed by atoms with Crippen LogP contribution in [0.4, 0.5) is 0 Å². The van der Waals surface area contributed by atoms with E-state index >= 15 is 0 Å². The zero-order valence-electron chi connectivity index (χ0n) is 30.2. The van der Waals surface area contributed by atoms with Gasteiger partial charge in [-0.3, -0.25) is 18.7 Å². The second kappa shape index (κ2) is 13.7. The van der Waals surface area contributed by atoms with E-state index in [0.29, 0.717) is 31.2 Å². The van der Waals surface area contributed by atoms with E-state index in [9.17, 15) is 22.8 Å². The van der Waals surface area contributed by atoms with Gasteiger partial charge in [0.15, 0.2) is 28.5 Å². The fraction of sp³-hybridized carbons (Fsp3) is 0.774. The highest BCUT2D eigenvalue weighted by molar-refractivity contribution is 7.90. The third-order valence-electron chi connectivity index (χ3n) is 10.3. The van der Waals surface area contributed by atoms with Crippen molar-refractivity contribution >= 4 is 32.7 Å². The Morgan fingerprint density at radius 2 is 1.64 bits per heavy atom. The number of rotatable bonds is 12. The van der Waals surface area contributed by atoms with Crippen LogP contribution in [-0.2, 0) is 39.2 Å². The molecule has 1 saturated heterocycles. The van der Waals surface area contributed by atoms with Crippen molar-refractivity contribution in [3.63, 3.8) is 0 Å². The molecule has 47 heavy (non-hydrogen) atoms. The van der Waals surface area contributed by atoms with Gasteiger partial charge in [-0.15, -0.1) is 0 Å². The second-order valence-electron chi connectivity index (χ2n) is 15.8. The number of amides is 1. The van der Waals surface area contributed by atoms with Crippen LogP contribution in [0.2, 0.25) is 36.3 Å². The summed E-state index contributed by atoms with van der Waals surface area (Å²) >= 11 is 0. The molecule has 0 aliphatic carbocycles. The van der Waals surface area contributed by atoms with Crippen LogP contribution in [0.1, 0.15) is 79.0 Å². The quantitative estimate of drug-likeness (QED) is 0.184. The van der Waals surface area contributed by atoms with Gasteiger partial charge in [-0.05, 0) is 56.0 Å². The fourth-order valence-electron chi connectivity index (χ4n) is 5.21. The molecule has 13 nitrogen and oxygen atoms in total. The number of hydrogen-bond acceptors (Lipinski definition) is 10. The van der Waals surface area contributed by atoms with Gasteiger partial charge >= 0.3 is 5.69 Å². The molecule has 1 unspecified atom stereocenters. The minimum atomic E-state index is -4.24. The smallest absolute Gasteiger partial charge is 0.333 e. The largest absolute Gasteiger partial charge is 0.414 e. The Labute approximate surface area is 281 Å². The minimum Gasteiger partial charge on any atom is -0.414 e. The van der Waals surface area contributed by atoms with Gasteiger partial charge in [0.1, 0.15) is 12.2 Å². The third kappa shape index (κ3) is 8.05. The number of nitrogens with one attached hydrogen (secondary N) is 1. The highest BCUT2D eigenvalue weighted by Crippen LogP contribution is 2.52. The van der Waals surface area contributed by atoms with Crippen LogP contribution in [0.5, 0.6) is 0 Å². The monoisotopic (exact) mass is 716 g/mol. The molecule has 1 fully saturated rings. The first-order valence-corrected chi connectivity index (χ1v) is 23.5. The van der Waals surface area contributed by atoms with E-state index in [1.54, 1.807) is 14.0 Å². The lowest BCUT2D eigenvalue weighted by Gasteiger charge is -2.43. The molecule has 4 atom stereocenters. The molecule has 16 heteroatoms. The van der Waals surface area contributed by atoms with E-state index in [-0.39, 0.29) is 34.8 Å². The number of hydrogen-bond donors (Lipinski definition) is 2. The lowest BCUT2D eigenvalue weighted by molar-refractivity contribution is -0.120. The van der Waals surface area contributed by atoms with Crippen molar-refractivity contribution in [2.75, 3.05) is 13.7 Å². The summed E-state index contributed by atoms with van der Waals surface area (Å²) in [5, 5.41) is 2.98. The number of ether oxygens (including phenoxy) is 1. The molecule has 1 aromatic heterocycles. The van der Waals surface area contributed by atoms with E-state index in [4.69, 9.17) is 23.5 Å². The topological polar surface area (TPSA) is 170 Å². The molecule has 3 heterocycles. The molecule has 0 bridgehead atoms. The number of unbranched alkanes of at least 4 members (excludes halogenated alkanes) is 2. The van der Waals surface area contributed by atoms with Crippen molar-refractivity contribution < 1.29 is 31.0 Å². The number of nitrogens with two attached hydrogens (primary N) is 1. The number of carbonyl (C=O) groups excluding carboxylic acids is 1. The molecule has 1 spiro atoms. The molecule has 3 rings (SSSR count). The summed E-state index contributed by atoms with van der Waals surface area (Å²) in [6, 6.07) is 0. The van der Waals surface area contributed by atoms with Crippen molar-refractivity contribution in [2.24, 2.45) is 5.73 Å². The molecule has 2 aliphatic heterocycles. The van der Waals surface area contributed by atoms with Gasteiger partial charge in [-0.25, -0.2) is 8.98 Å². The predicted octanol–water partition coefficient (Wildman–Crippen LogP) is 3.83. The zero-order valence-corrected chi connectivity index (χ0v) is 33.0. The fourth-order valence-corrected chi connectivity index (χ4v) is 8.72. The molecular weight excluding hydrogens is 661 g/mol. The Hall–Kier alpha value is -2.09. The Kier molecular flexibility index (Phi) is 11.4. The van der Waals surface area contributed by atoms with E-state index in [0.717, 1.165) is 9.98 Å². The third-order valence-corrected chi connectivity index (χ3v) is 20.3. The van der Waals surface area contributed by atoms with Gasteiger partial charge in [0.25, 0.3) is 15.7 Å². The van der Waals surface area contributed by atoms with Crippen molar-refractivity contribution in [3.05, 3.63) is 43.7 Å². The lowest BCUT2D eigenvalue weighted by atomic mass is 9.89. The number of nitrogens with zero attached hydrogens (tertiary/aromatic N) is 2. The summed E-state index contributed by atoms with van der Waals surface area (Å²) in [7, 11) is -7.76. The van der Waals surface area contributed by atoms with Gasteiger partial charge in [0.2, 0.25) is 5.91 Å². The lowest BCUT2D eigenvalue weighted by Crippen LogP contribution is -2.59. The highest BCUT2D eigenvalue weighted by atomic mass is 32.2. The van der Waals surface area contributed by atoms with Gasteiger partial charge in [0.05, 0.1) is 17.7 Å². The van der Waals surface area contributed by atoms with Crippen LogP contribution in [0.3, 0.4) is 0 Å². The maximum atomic E-state index is 14.1. The van der Waals surface area contributed by atoms with Crippen molar-refractivity contribution in [1.82, 2.24) is 14.5 Å². The summed E-state index contributed by atoms with van der Waals surface area (Å²) in [6.07, 6.45) is 0.0599. The van der Waals surface area contributed by atoms with Gasteiger partial charge in [-0.1, -0.05) is 48.0 Å². The SMILES string of the molecule is CNC(=O)CCCCCn1c(=O)c(C)cn([C@@H]2O[C@H](CO[Si](C)(C)C(C)(C)C)C3(OS(=O)(=O)C=C3N)[C@H]2O[Si](C)(C)C(C)(C)C)c1=O. The normalized spacial score (nSPS) is 24.9. The van der Waals surface area contributed by atoms with Gasteiger partial charge < -0.3 is 24.6 Å². The van der Waals surface area contributed by atoms with Gasteiger partial charge in [0, 0.05) is 31.8 Å². The molecule has 1 amide bonds. The van der Waals surface area contributed by atoms with Crippen LogP contribution in [0, 0.1) is 6.92 Å². The first-order chi connectivity index (χ1) is 21.3. The summed E-state index contributed by atoms with van der Waals surface area (Å²) in [6.45, 7) is 22.2. The molecule has 0 saturated carbocycles. The van der Waals surface area contributed by atoms with E-state index in [2.05, 4.69) is 39.2 Å².